The van der Waals surface area contributed by atoms with E-state index in [9.17, 15) is 0 Å². The second-order valence-electron chi connectivity index (χ2n) is 4.78. The van der Waals surface area contributed by atoms with Crippen molar-refractivity contribution in [3.63, 3.8) is 0 Å². The van der Waals surface area contributed by atoms with E-state index in [2.05, 4.69) is 9.97 Å². The fraction of sp³-hybridized carbons (Fsp3) is 0.176. The zero-order valence-electron chi connectivity index (χ0n) is 12.3. The molecule has 1 aromatic heterocycles. The van der Waals surface area contributed by atoms with Crippen molar-refractivity contribution in [2.24, 2.45) is 0 Å². The molecule has 2 aromatic carbocycles. The molecule has 0 amide bonds. The van der Waals surface area contributed by atoms with Gasteiger partial charge < -0.3 is 9.47 Å². The van der Waals surface area contributed by atoms with Gasteiger partial charge in [0.25, 0.3) is 0 Å². The average Bonchev–Trinajstić information content (AvgIpc) is 2.53. The normalized spacial score (nSPS) is 10.6. The molecular weight excluding hydrogens is 264 g/mol. The summed E-state index contributed by atoms with van der Waals surface area (Å²) >= 11 is 0. The Morgan fingerprint density at radius 2 is 1.62 bits per heavy atom. The van der Waals surface area contributed by atoms with E-state index in [1.807, 2.05) is 43.3 Å². The predicted octanol–water partition coefficient (Wildman–Crippen LogP) is 3.62. The molecule has 0 fully saturated rings. The molecule has 0 aliphatic heterocycles. The van der Waals surface area contributed by atoms with Crippen LogP contribution in [0.15, 0.2) is 42.6 Å². The first kappa shape index (κ1) is 13.4. The van der Waals surface area contributed by atoms with Crippen LogP contribution in [0.4, 0.5) is 0 Å². The van der Waals surface area contributed by atoms with Gasteiger partial charge in [0, 0.05) is 0 Å². The number of methoxy groups -OCH3 is 2. The molecule has 21 heavy (non-hydrogen) atoms. The monoisotopic (exact) mass is 280 g/mol. The number of rotatable bonds is 3. The van der Waals surface area contributed by atoms with E-state index in [-0.39, 0.29) is 0 Å². The quantitative estimate of drug-likeness (QED) is 0.735. The molecule has 3 aromatic rings. The molecule has 106 valence electrons. The van der Waals surface area contributed by atoms with Gasteiger partial charge in [0.05, 0.1) is 42.7 Å². The van der Waals surface area contributed by atoms with Crippen molar-refractivity contribution in [1.82, 2.24) is 9.97 Å². The van der Waals surface area contributed by atoms with Gasteiger partial charge in [-0.05, 0) is 36.8 Å². The van der Waals surface area contributed by atoms with Crippen LogP contribution >= 0.6 is 0 Å². The summed E-state index contributed by atoms with van der Waals surface area (Å²) < 4.78 is 10.9. The Morgan fingerprint density at radius 3 is 2.29 bits per heavy atom. The minimum absolute atomic E-state index is 0.718. The van der Waals surface area contributed by atoms with Crippen LogP contribution in [0, 0.1) is 6.92 Å². The SMILES string of the molecule is COc1cccc(OC)c1-c1cnc2cc(C)ccc2n1. The Hall–Kier alpha value is -2.62. The molecule has 0 radical (unpaired) electrons. The molecule has 0 aliphatic rings. The van der Waals surface area contributed by atoms with Gasteiger partial charge in [0.1, 0.15) is 11.5 Å². The molecule has 1 heterocycles. The highest BCUT2D eigenvalue weighted by Crippen LogP contribution is 2.37. The van der Waals surface area contributed by atoms with Gasteiger partial charge >= 0.3 is 0 Å². The highest BCUT2D eigenvalue weighted by atomic mass is 16.5. The minimum Gasteiger partial charge on any atom is -0.496 e. The van der Waals surface area contributed by atoms with Crippen LogP contribution in [0.1, 0.15) is 5.56 Å². The fourth-order valence-electron chi connectivity index (χ4n) is 2.34. The van der Waals surface area contributed by atoms with E-state index in [1.165, 1.54) is 5.56 Å². The molecule has 0 spiro atoms. The Kier molecular flexibility index (Phi) is 3.44. The summed E-state index contributed by atoms with van der Waals surface area (Å²) in [5, 5.41) is 0. The van der Waals surface area contributed by atoms with Gasteiger partial charge in [-0.15, -0.1) is 0 Å². The van der Waals surface area contributed by atoms with Gasteiger partial charge in [-0.2, -0.15) is 0 Å². The molecular formula is C17H16N2O2. The van der Waals surface area contributed by atoms with Gasteiger partial charge in [0.2, 0.25) is 0 Å². The third kappa shape index (κ3) is 2.40. The van der Waals surface area contributed by atoms with Crippen LogP contribution in [0.3, 0.4) is 0 Å². The van der Waals surface area contributed by atoms with Crippen LogP contribution in [0.2, 0.25) is 0 Å². The summed E-state index contributed by atoms with van der Waals surface area (Å²) in [4.78, 5) is 9.18. The Morgan fingerprint density at radius 1 is 0.905 bits per heavy atom. The highest BCUT2D eigenvalue weighted by Gasteiger charge is 2.14. The van der Waals surface area contributed by atoms with E-state index in [1.54, 1.807) is 20.4 Å². The Labute approximate surface area is 123 Å². The van der Waals surface area contributed by atoms with Crippen molar-refractivity contribution in [1.29, 1.82) is 0 Å². The van der Waals surface area contributed by atoms with Crippen molar-refractivity contribution in [3.05, 3.63) is 48.2 Å². The molecule has 0 bridgehead atoms. The van der Waals surface area contributed by atoms with E-state index >= 15 is 0 Å². The lowest BCUT2D eigenvalue weighted by Crippen LogP contribution is -1.96. The van der Waals surface area contributed by atoms with Crippen molar-refractivity contribution < 1.29 is 9.47 Å². The molecule has 0 unspecified atom stereocenters. The first-order valence-electron chi connectivity index (χ1n) is 6.67. The Bertz CT molecular complexity index is 778. The maximum atomic E-state index is 5.43. The number of fused-ring (bicyclic) bond motifs is 1. The second kappa shape index (κ2) is 5.40. The number of hydrogen-bond acceptors (Lipinski definition) is 4. The van der Waals surface area contributed by atoms with Gasteiger partial charge in [-0.25, -0.2) is 4.98 Å². The average molecular weight is 280 g/mol. The van der Waals surface area contributed by atoms with Crippen LogP contribution < -0.4 is 9.47 Å². The molecule has 4 heteroatoms. The predicted molar refractivity (Wildman–Crippen MR) is 82.8 cm³/mol. The van der Waals surface area contributed by atoms with Crippen LogP contribution in [0.25, 0.3) is 22.3 Å². The van der Waals surface area contributed by atoms with Crippen molar-refractivity contribution in [3.8, 4) is 22.8 Å². The highest BCUT2D eigenvalue weighted by molar-refractivity contribution is 5.81. The molecule has 0 atom stereocenters. The summed E-state index contributed by atoms with van der Waals surface area (Å²) in [6.45, 7) is 2.04. The summed E-state index contributed by atoms with van der Waals surface area (Å²) in [7, 11) is 3.27. The van der Waals surface area contributed by atoms with Crippen molar-refractivity contribution >= 4 is 11.0 Å². The maximum Gasteiger partial charge on any atom is 0.132 e. The largest absolute Gasteiger partial charge is 0.496 e. The first-order valence-corrected chi connectivity index (χ1v) is 6.67. The fourth-order valence-corrected chi connectivity index (χ4v) is 2.34. The topological polar surface area (TPSA) is 44.2 Å². The van der Waals surface area contributed by atoms with Crippen LogP contribution in [0.5, 0.6) is 11.5 Å². The molecule has 0 N–H and O–H groups in total. The summed E-state index contributed by atoms with van der Waals surface area (Å²) in [6.07, 6.45) is 1.75. The van der Waals surface area contributed by atoms with Crippen LogP contribution in [-0.4, -0.2) is 24.2 Å². The molecule has 0 saturated heterocycles. The number of nitrogens with zero attached hydrogens (tertiary/aromatic N) is 2. The van der Waals surface area contributed by atoms with Crippen molar-refractivity contribution in [2.45, 2.75) is 6.92 Å². The number of hydrogen-bond donors (Lipinski definition) is 0. The molecule has 3 rings (SSSR count). The van der Waals surface area contributed by atoms with E-state index in [0.717, 1.165) is 33.8 Å². The van der Waals surface area contributed by atoms with Gasteiger partial charge in [-0.3, -0.25) is 4.98 Å². The van der Waals surface area contributed by atoms with E-state index in [0.29, 0.717) is 0 Å². The summed E-state index contributed by atoms with van der Waals surface area (Å²) in [5.74, 6) is 1.44. The van der Waals surface area contributed by atoms with Crippen LogP contribution in [-0.2, 0) is 0 Å². The zero-order chi connectivity index (χ0) is 14.8. The summed E-state index contributed by atoms with van der Waals surface area (Å²) in [5.41, 5.74) is 4.45. The maximum absolute atomic E-state index is 5.43. The molecule has 0 saturated carbocycles. The number of aryl methyl sites for hydroxylation is 1. The van der Waals surface area contributed by atoms with Crippen molar-refractivity contribution in [2.75, 3.05) is 14.2 Å². The lowest BCUT2D eigenvalue weighted by atomic mass is 10.1. The Balaban J connectivity index is 2.23. The first-order chi connectivity index (χ1) is 10.2. The standard InChI is InChI=1S/C17H16N2O2/c1-11-7-8-12-13(9-11)18-10-14(19-12)17-15(20-2)5-4-6-16(17)21-3/h4-10H,1-3H3. The zero-order valence-corrected chi connectivity index (χ0v) is 12.3. The molecule has 0 aliphatic carbocycles. The lowest BCUT2D eigenvalue weighted by molar-refractivity contribution is 0.397. The smallest absolute Gasteiger partial charge is 0.132 e. The number of ether oxygens (including phenoxy) is 2. The molecule has 4 nitrogen and oxygen atoms in total. The van der Waals surface area contributed by atoms with E-state index < -0.39 is 0 Å². The number of aromatic nitrogens is 2. The number of benzene rings is 2. The third-order valence-electron chi connectivity index (χ3n) is 3.38. The second-order valence-corrected chi connectivity index (χ2v) is 4.78. The lowest BCUT2D eigenvalue weighted by Gasteiger charge is -2.12. The summed E-state index contributed by atoms with van der Waals surface area (Å²) in [6, 6.07) is 11.7. The van der Waals surface area contributed by atoms with E-state index in [4.69, 9.17) is 9.47 Å². The van der Waals surface area contributed by atoms with Gasteiger partial charge in [-0.1, -0.05) is 12.1 Å². The van der Waals surface area contributed by atoms with Gasteiger partial charge in [0.15, 0.2) is 0 Å². The minimum atomic E-state index is 0.718. The third-order valence-corrected chi connectivity index (χ3v) is 3.38.